The van der Waals surface area contributed by atoms with Gasteiger partial charge in [-0.3, -0.25) is 25.2 Å². The van der Waals surface area contributed by atoms with E-state index in [0.29, 0.717) is 16.3 Å². The molecule has 1 aromatic carbocycles. The number of amides is 3. The fourth-order valence-corrected chi connectivity index (χ4v) is 2.71. The number of anilines is 1. The van der Waals surface area contributed by atoms with Crippen molar-refractivity contribution in [2.45, 2.75) is 26.9 Å². The molecular weight excluding hydrogens is 342 g/mol. The van der Waals surface area contributed by atoms with Gasteiger partial charge < -0.3 is 10.1 Å². The van der Waals surface area contributed by atoms with Crippen molar-refractivity contribution < 1.29 is 19.1 Å². The van der Waals surface area contributed by atoms with Crippen LogP contribution in [0.2, 0.25) is 0 Å². The first-order chi connectivity index (χ1) is 11.9. The van der Waals surface area contributed by atoms with Crippen molar-refractivity contribution in [2.75, 3.05) is 5.32 Å². The molecule has 0 fully saturated rings. The zero-order chi connectivity index (χ0) is 18.4. The van der Waals surface area contributed by atoms with Gasteiger partial charge in [0.2, 0.25) is 5.91 Å². The standard InChI is InChI=1S/C17H19N3O4S/c1-10(2)24-13-6-4-12(5-7-13)15(22)18-17-14(8-9-25-17)16(23)20-19-11(3)21/h4-10H,1-3H3,(H,18,22)(H,19,21)(H,20,23). The quantitative estimate of drug-likeness (QED) is 0.713. The highest BCUT2D eigenvalue weighted by Gasteiger charge is 2.16. The lowest BCUT2D eigenvalue weighted by Gasteiger charge is -2.10. The van der Waals surface area contributed by atoms with Crippen LogP contribution in [0.5, 0.6) is 5.75 Å². The minimum absolute atomic E-state index is 0.0514. The Morgan fingerprint density at radius 2 is 1.68 bits per heavy atom. The molecule has 0 spiro atoms. The van der Waals surface area contributed by atoms with E-state index in [1.165, 1.54) is 18.3 Å². The van der Waals surface area contributed by atoms with Crippen molar-refractivity contribution in [2.24, 2.45) is 0 Å². The number of hydrazine groups is 1. The molecule has 0 radical (unpaired) electrons. The summed E-state index contributed by atoms with van der Waals surface area (Å²) in [5.41, 5.74) is 5.18. The maximum atomic E-state index is 12.3. The molecule has 0 aliphatic heterocycles. The molecule has 0 bridgehead atoms. The predicted molar refractivity (Wildman–Crippen MR) is 95.8 cm³/mol. The number of rotatable bonds is 5. The molecular formula is C17H19N3O4S. The average molecular weight is 361 g/mol. The lowest BCUT2D eigenvalue weighted by Crippen LogP contribution is -2.40. The van der Waals surface area contributed by atoms with Crippen LogP contribution in [0.4, 0.5) is 5.00 Å². The van der Waals surface area contributed by atoms with Crippen LogP contribution in [0.1, 0.15) is 41.5 Å². The zero-order valence-corrected chi connectivity index (χ0v) is 14.9. The topological polar surface area (TPSA) is 96.5 Å². The van der Waals surface area contributed by atoms with Crippen LogP contribution in [-0.2, 0) is 4.79 Å². The van der Waals surface area contributed by atoms with E-state index in [0.717, 1.165) is 0 Å². The number of hydrogen-bond donors (Lipinski definition) is 3. The Morgan fingerprint density at radius 3 is 2.28 bits per heavy atom. The van der Waals surface area contributed by atoms with E-state index in [1.807, 2.05) is 13.8 Å². The number of thiophene rings is 1. The third kappa shape index (κ3) is 5.32. The fourth-order valence-electron chi connectivity index (χ4n) is 1.93. The SMILES string of the molecule is CC(=O)NNC(=O)c1ccsc1NC(=O)c1ccc(OC(C)C)cc1. The van der Waals surface area contributed by atoms with E-state index in [-0.39, 0.29) is 17.6 Å². The largest absolute Gasteiger partial charge is 0.491 e. The van der Waals surface area contributed by atoms with Gasteiger partial charge in [-0.1, -0.05) is 0 Å². The summed E-state index contributed by atoms with van der Waals surface area (Å²) in [7, 11) is 0. The summed E-state index contributed by atoms with van der Waals surface area (Å²) in [6.07, 6.45) is 0.0514. The van der Waals surface area contributed by atoms with Crippen molar-refractivity contribution in [1.29, 1.82) is 0 Å². The fraction of sp³-hybridized carbons (Fsp3) is 0.235. The molecule has 7 nitrogen and oxygen atoms in total. The summed E-state index contributed by atoms with van der Waals surface area (Å²) >= 11 is 1.22. The molecule has 0 aliphatic carbocycles. The number of benzene rings is 1. The highest BCUT2D eigenvalue weighted by atomic mass is 32.1. The van der Waals surface area contributed by atoms with Crippen molar-refractivity contribution in [3.8, 4) is 5.75 Å². The summed E-state index contributed by atoms with van der Waals surface area (Å²) in [6.45, 7) is 5.12. The summed E-state index contributed by atoms with van der Waals surface area (Å²) in [5.74, 6) is -0.560. The molecule has 0 aliphatic rings. The molecule has 0 saturated carbocycles. The van der Waals surface area contributed by atoms with Crippen LogP contribution in [0, 0.1) is 0 Å². The lowest BCUT2D eigenvalue weighted by molar-refractivity contribution is -0.119. The molecule has 3 amide bonds. The van der Waals surface area contributed by atoms with Gasteiger partial charge in [-0.15, -0.1) is 11.3 Å². The Morgan fingerprint density at radius 1 is 1.00 bits per heavy atom. The van der Waals surface area contributed by atoms with Gasteiger partial charge in [-0.05, 0) is 49.6 Å². The van der Waals surface area contributed by atoms with E-state index < -0.39 is 11.8 Å². The van der Waals surface area contributed by atoms with Gasteiger partial charge in [-0.2, -0.15) is 0 Å². The van der Waals surface area contributed by atoms with E-state index in [9.17, 15) is 14.4 Å². The molecule has 0 saturated heterocycles. The van der Waals surface area contributed by atoms with Crippen molar-refractivity contribution in [3.05, 3.63) is 46.8 Å². The first-order valence-electron chi connectivity index (χ1n) is 7.59. The Kier molecular flexibility index (Phi) is 6.13. The van der Waals surface area contributed by atoms with E-state index in [1.54, 1.807) is 35.7 Å². The first kappa shape index (κ1) is 18.5. The van der Waals surface area contributed by atoms with Crippen LogP contribution in [0.25, 0.3) is 0 Å². The van der Waals surface area contributed by atoms with Gasteiger partial charge in [0.15, 0.2) is 0 Å². The Balaban J connectivity index is 2.05. The number of carbonyl (C=O) groups excluding carboxylic acids is 3. The minimum atomic E-state index is -0.507. The third-order valence-electron chi connectivity index (χ3n) is 2.98. The second-order valence-electron chi connectivity index (χ2n) is 5.44. The van der Waals surface area contributed by atoms with Gasteiger partial charge in [0, 0.05) is 12.5 Å². The highest BCUT2D eigenvalue weighted by Crippen LogP contribution is 2.24. The molecule has 0 atom stereocenters. The summed E-state index contributed by atoms with van der Waals surface area (Å²) in [5, 5.41) is 4.78. The maximum Gasteiger partial charge on any atom is 0.272 e. The lowest BCUT2D eigenvalue weighted by atomic mass is 10.2. The van der Waals surface area contributed by atoms with Gasteiger partial charge in [0.05, 0.1) is 11.7 Å². The second kappa shape index (κ2) is 8.29. The predicted octanol–water partition coefficient (Wildman–Crippen LogP) is 2.57. The molecule has 0 unspecified atom stereocenters. The zero-order valence-electron chi connectivity index (χ0n) is 14.1. The van der Waals surface area contributed by atoms with Crippen LogP contribution >= 0.6 is 11.3 Å². The number of hydrogen-bond acceptors (Lipinski definition) is 5. The maximum absolute atomic E-state index is 12.3. The minimum Gasteiger partial charge on any atom is -0.491 e. The molecule has 1 heterocycles. The van der Waals surface area contributed by atoms with Crippen molar-refractivity contribution in [3.63, 3.8) is 0 Å². The normalized spacial score (nSPS) is 10.2. The van der Waals surface area contributed by atoms with Crippen LogP contribution in [0.15, 0.2) is 35.7 Å². The van der Waals surface area contributed by atoms with Crippen LogP contribution in [0.3, 0.4) is 0 Å². The van der Waals surface area contributed by atoms with Gasteiger partial charge in [0.25, 0.3) is 11.8 Å². The van der Waals surface area contributed by atoms with Crippen LogP contribution in [-0.4, -0.2) is 23.8 Å². The smallest absolute Gasteiger partial charge is 0.272 e. The second-order valence-corrected chi connectivity index (χ2v) is 6.36. The van der Waals surface area contributed by atoms with Gasteiger partial charge in [-0.25, -0.2) is 0 Å². The Hall–Kier alpha value is -2.87. The van der Waals surface area contributed by atoms with Crippen molar-refractivity contribution >= 4 is 34.1 Å². The Bertz CT molecular complexity index is 768. The van der Waals surface area contributed by atoms with E-state index >= 15 is 0 Å². The van der Waals surface area contributed by atoms with Crippen molar-refractivity contribution in [1.82, 2.24) is 10.9 Å². The number of ether oxygens (including phenoxy) is 1. The third-order valence-corrected chi connectivity index (χ3v) is 3.81. The monoisotopic (exact) mass is 361 g/mol. The molecule has 2 aromatic rings. The molecule has 1 aromatic heterocycles. The van der Waals surface area contributed by atoms with E-state index in [2.05, 4.69) is 16.2 Å². The van der Waals surface area contributed by atoms with Gasteiger partial charge in [0.1, 0.15) is 10.8 Å². The molecule has 8 heteroatoms. The summed E-state index contributed by atoms with van der Waals surface area (Å²) in [6, 6.07) is 8.30. The molecule has 3 N–H and O–H groups in total. The first-order valence-corrected chi connectivity index (χ1v) is 8.47. The molecule has 132 valence electrons. The summed E-state index contributed by atoms with van der Waals surface area (Å²) in [4.78, 5) is 35.2. The Labute approximate surface area is 149 Å². The molecule has 25 heavy (non-hydrogen) atoms. The average Bonchev–Trinajstić information content (AvgIpc) is 3.00. The van der Waals surface area contributed by atoms with Crippen LogP contribution < -0.4 is 20.9 Å². The summed E-state index contributed by atoms with van der Waals surface area (Å²) < 4.78 is 5.53. The van der Waals surface area contributed by atoms with Gasteiger partial charge >= 0.3 is 0 Å². The highest BCUT2D eigenvalue weighted by molar-refractivity contribution is 7.14. The van der Waals surface area contributed by atoms with E-state index in [4.69, 9.17) is 4.74 Å². The number of nitrogens with one attached hydrogen (secondary N) is 3. The number of carbonyl (C=O) groups is 3. The molecule has 2 rings (SSSR count).